The van der Waals surface area contributed by atoms with Crippen molar-refractivity contribution in [2.24, 2.45) is 0 Å². The minimum absolute atomic E-state index is 0.00601. The average molecular weight is 415 g/mol. The lowest BCUT2D eigenvalue weighted by atomic mass is 10.1. The van der Waals surface area contributed by atoms with Gasteiger partial charge in [-0.2, -0.15) is 5.10 Å². The zero-order valence-corrected chi connectivity index (χ0v) is 18.2. The lowest BCUT2D eigenvalue weighted by Gasteiger charge is -2.21. The Morgan fingerprint density at radius 1 is 1.04 bits per heavy atom. The van der Waals surface area contributed by atoms with Crippen LogP contribution >= 0.6 is 0 Å². The van der Waals surface area contributed by atoms with Gasteiger partial charge in [-0.05, 0) is 46.8 Å². The number of anilines is 1. The molecule has 2 rings (SSSR count). The molecule has 0 saturated heterocycles. The van der Waals surface area contributed by atoms with Crippen molar-refractivity contribution in [2.75, 3.05) is 18.8 Å². The summed E-state index contributed by atoms with van der Waals surface area (Å²) in [5, 5.41) is 4.36. The minimum Gasteiger partial charge on any atom is -0.278 e. The van der Waals surface area contributed by atoms with Crippen LogP contribution in [0, 0.1) is 13.8 Å². The van der Waals surface area contributed by atoms with E-state index in [0.29, 0.717) is 11.4 Å². The predicted molar refractivity (Wildman–Crippen MR) is 105 cm³/mol. The van der Waals surface area contributed by atoms with Gasteiger partial charge in [-0.15, -0.1) is 0 Å². The van der Waals surface area contributed by atoms with E-state index in [1.807, 2.05) is 20.8 Å². The van der Waals surface area contributed by atoms with Gasteiger partial charge in [0.2, 0.25) is 10.0 Å². The molecule has 0 bridgehead atoms. The predicted octanol–water partition coefficient (Wildman–Crippen LogP) is 2.31. The van der Waals surface area contributed by atoms with Crippen molar-refractivity contribution in [3.05, 3.63) is 35.7 Å². The molecule has 1 N–H and O–H groups in total. The molecule has 0 fully saturated rings. The van der Waals surface area contributed by atoms with Crippen molar-refractivity contribution in [3.63, 3.8) is 0 Å². The maximum Gasteiger partial charge on any atom is 0.265 e. The van der Waals surface area contributed by atoms with Gasteiger partial charge in [0.15, 0.2) is 0 Å². The van der Waals surface area contributed by atoms with Crippen LogP contribution in [0.2, 0.25) is 0 Å². The number of sulfonamides is 2. The molecule has 0 spiro atoms. The van der Waals surface area contributed by atoms with E-state index in [9.17, 15) is 16.8 Å². The summed E-state index contributed by atoms with van der Waals surface area (Å²) in [5.74, 6) is 0. The van der Waals surface area contributed by atoms with Crippen LogP contribution in [0.4, 0.5) is 5.69 Å². The smallest absolute Gasteiger partial charge is 0.265 e. The number of aromatic nitrogens is 2. The monoisotopic (exact) mass is 414 g/mol. The van der Waals surface area contributed by atoms with Gasteiger partial charge in [0, 0.05) is 14.1 Å². The second-order valence-corrected chi connectivity index (χ2v) is 11.2. The van der Waals surface area contributed by atoms with Gasteiger partial charge in [0.1, 0.15) is 9.79 Å². The first-order valence-corrected chi connectivity index (χ1v) is 11.2. The molecule has 27 heavy (non-hydrogen) atoms. The van der Waals surface area contributed by atoms with Crippen LogP contribution in [-0.4, -0.2) is 45.0 Å². The molecular formula is C17H26N4O4S2. The first-order chi connectivity index (χ1) is 12.2. The summed E-state index contributed by atoms with van der Waals surface area (Å²) in [6.45, 7) is 9.08. The van der Waals surface area contributed by atoms with Gasteiger partial charge < -0.3 is 0 Å². The summed E-state index contributed by atoms with van der Waals surface area (Å²) in [5.41, 5.74) is 0.436. The van der Waals surface area contributed by atoms with E-state index in [0.717, 1.165) is 4.31 Å². The van der Waals surface area contributed by atoms with E-state index in [2.05, 4.69) is 9.82 Å². The summed E-state index contributed by atoms with van der Waals surface area (Å²) < 4.78 is 56.3. The highest BCUT2D eigenvalue weighted by Crippen LogP contribution is 2.29. The quantitative estimate of drug-likeness (QED) is 0.809. The number of hydrogen-bond donors (Lipinski definition) is 1. The summed E-state index contributed by atoms with van der Waals surface area (Å²) >= 11 is 0. The van der Waals surface area contributed by atoms with Crippen LogP contribution in [0.5, 0.6) is 0 Å². The first-order valence-electron chi connectivity index (χ1n) is 8.30. The van der Waals surface area contributed by atoms with Crippen molar-refractivity contribution < 1.29 is 16.8 Å². The molecule has 8 nitrogen and oxygen atoms in total. The Labute approximate surface area is 161 Å². The Kier molecular flexibility index (Phi) is 5.48. The van der Waals surface area contributed by atoms with E-state index >= 15 is 0 Å². The summed E-state index contributed by atoms with van der Waals surface area (Å²) in [7, 11) is -5.07. The molecule has 0 aliphatic rings. The molecule has 150 valence electrons. The highest BCUT2D eigenvalue weighted by Gasteiger charge is 2.30. The summed E-state index contributed by atoms with van der Waals surface area (Å²) in [6, 6.07) is 5.91. The lowest BCUT2D eigenvalue weighted by Crippen LogP contribution is -2.25. The number of nitrogens with one attached hydrogen (secondary N) is 1. The molecule has 0 atom stereocenters. The van der Waals surface area contributed by atoms with Gasteiger partial charge in [0.05, 0.1) is 22.6 Å². The van der Waals surface area contributed by atoms with Gasteiger partial charge in [-0.25, -0.2) is 21.1 Å². The molecule has 0 aliphatic heterocycles. The van der Waals surface area contributed by atoms with E-state index in [-0.39, 0.29) is 15.5 Å². The first kappa shape index (κ1) is 21.4. The topological polar surface area (TPSA) is 101 Å². The van der Waals surface area contributed by atoms with Gasteiger partial charge in [0.25, 0.3) is 10.0 Å². The highest BCUT2D eigenvalue weighted by molar-refractivity contribution is 7.93. The van der Waals surface area contributed by atoms with Crippen LogP contribution in [0.1, 0.15) is 32.2 Å². The number of para-hydroxylation sites is 1. The second kappa shape index (κ2) is 6.92. The standard InChI is InChI=1S/C17H26N4O4S2/c1-12-16(13(2)21(18-12)17(3,4)5)26(22,23)19-14-10-8-9-11-15(14)27(24,25)20(6)7/h8-11,19H,1-7H3. The van der Waals surface area contributed by atoms with Gasteiger partial charge >= 0.3 is 0 Å². The largest absolute Gasteiger partial charge is 0.278 e. The van der Waals surface area contributed by atoms with Crippen molar-refractivity contribution in [1.82, 2.24) is 14.1 Å². The van der Waals surface area contributed by atoms with Crippen LogP contribution in [0.3, 0.4) is 0 Å². The van der Waals surface area contributed by atoms with E-state index < -0.39 is 25.6 Å². The lowest BCUT2D eigenvalue weighted by molar-refractivity contribution is 0.345. The van der Waals surface area contributed by atoms with Crippen LogP contribution in [0.15, 0.2) is 34.1 Å². The zero-order chi connectivity index (χ0) is 20.8. The van der Waals surface area contributed by atoms with E-state index in [1.54, 1.807) is 30.7 Å². The van der Waals surface area contributed by atoms with Crippen LogP contribution in [0.25, 0.3) is 0 Å². The number of rotatable bonds is 5. The molecule has 0 aliphatic carbocycles. The van der Waals surface area contributed by atoms with Crippen LogP contribution in [-0.2, 0) is 25.6 Å². The van der Waals surface area contributed by atoms with Crippen molar-refractivity contribution in [3.8, 4) is 0 Å². The van der Waals surface area contributed by atoms with E-state index in [1.165, 1.54) is 26.2 Å². The Morgan fingerprint density at radius 3 is 2.07 bits per heavy atom. The van der Waals surface area contributed by atoms with Crippen LogP contribution < -0.4 is 4.72 Å². The molecule has 0 saturated carbocycles. The Bertz CT molecular complexity index is 1060. The molecular weight excluding hydrogens is 388 g/mol. The van der Waals surface area contributed by atoms with Gasteiger partial charge in [-0.1, -0.05) is 12.1 Å². The Morgan fingerprint density at radius 2 is 1.59 bits per heavy atom. The Hall–Kier alpha value is -1.91. The fourth-order valence-electron chi connectivity index (χ4n) is 2.84. The summed E-state index contributed by atoms with van der Waals surface area (Å²) in [6.07, 6.45) is 0. The van der Waals surface area contributed by atoms with Crippen molar-refractivity contribution >= 4 is 25.7 Å². The fourth-order valence-corrected chi connectivity index (χ4v) is 5.42. The van der Waals surface area contributed by atoms with Gasteiger partial charge in [-0.3, -0.25) is 9.40 Å². The number of hydrogen-bond acceptors (Lipinski definition) is 5. The van der Waals surface area contributed by atoms with E-state index in [4.69, 9.17) is 0 Å². The number of nitrogens with zero attached hydrogens (tertiary/aromatic N) is 3. The normalized spacial score (nSPS) is 13.2. The highest BCUT2D eigenvalue weighted by atomic mass is 32.2. The summed E-state index contributed by atoms with van der Waals surface area (Å²) in [4.78, 5) is -0.0634. The maximum atomic E-state index is 13.1. The average Bonchev–Trinajstić information content (AvgIpc) is 2.82. The second-order valence-electron chi connectivity index (χ2n) is 7.47. The SMILES string of the molecule is Cc1nn(C(C)(C)C)c(C)c1S(=O)(=O)Nc1ccccc1S(=O)(=O)N(C)C. The zero-order valence-electron chi connectivity index (χ0n) is 16.6. The maximum absolute atomic E-state index is 13.1. The van der Waals surface area contributed by atoms with Crippen molar-refractivity contribution in [1.29, 1.82) is 0 Å². The minimum atomic E-state index is -4.04. The molecule has 2 aromatic rings. The molecule has 1 aromatic heterocycles. The number of aryl methyl sites for hydroxylation is 1. The fraction of sp³-hybridized carbons (Fsp3) is 0.471. The molecule has 0 amide bonds. The van der Waals surface area contributed by atoms with Crippen molar-refractivity contribution in [2.45, 2.75) is 49.9 Å². The third-order valence-corrected chi connectivity index (χ3v) is 7.51. The number of benzene rings is 1. The molecule has 0 radical (unpaired) electrons. The molecule has 0 unspecified atom stereocenters. The third kappa shape index (κ3) is 4.02. The molecule has 10 heteroatoms. The molecule has 1 aromatic carbocycles. The Balaban J connectivity index is 2.60. The molecule has 1 heterocycles. The third-order valence-electron chi connectivity index (χ3n) is 4.02.